The first-order chi connectivity index (χ1) is 14.3. The zero-order valence-electron chi connectivity index (χ0n) is 16.6. The van der Waals surface area contributed by atoms with Crippen molar-refractivity contribution in [2.45, 2.75) is 30.1 Å². The Bertz CT molecular complexity index is 1340. The van der Waals surface area contributed by atoms with Gasteiger partial charge in [-0.25, -0.2) is 12.8 Å². The summed E-state index contributed by atoms with van der Waals surface area (Å²) in [6.07, 6.45) is 0.856. The van der Waals surface area contributed by atoms with E-state index in [0.29, 0.717) is 5.02 Å². The van der Waals surface area contributed by atoms with Crippen LogP contribution in [0.25, 0.3) is 21.9 Å². The number of fused-ring (bicyclic) bond motifs is 1. The molecule has 0 unspecified atom stereocenters. The third kappa shape index (κ3) is 3.62. The third-order valence-electron chi connectivity index (χ3n) is 5.43. The van der Waals surface area contributed by atoms with Gasteiger partial charge in [-0.05, 0) is 94.9 Å². The Hall–Kier alpha value is -2.69. The Labute approximate surface area is 180 Å². The third-order valence-corrected chi connectivity index (χ3v) is 7.47. The maximum Gasteiger partial charge on any atom is 0.206 e. The van der Waals surface area contributed by atoms with Crippen LogP contribution in [0.3, 0.4) is 0 Å². The van der Waals surface area contributed by atoms with Gasteiger partial charge in [0.25, 0.3) is 0 Å². The lowest BCUT2D eigenvalue weighted by atomic mass is 9.89. The van der Waals surface area contributed by atoms with Gasteiger partial charge in [-0.15, -0.1) is 0 Å². The minimum Gasteiger partial charge on any atom is -0.219 e. The van der Waals surface area contributed by atoms with E-state index in [1.165, 1.54) is 29.8 Å². The highest BCUT2D eigenvalue weighted by atomic mass is 35.5. The van der Waals surface area contributed by atoms with Crippen LogP contribution >= 0.6 is 11.6 Å². The van der Waals surface area contributed by atoms with Gasteiger partial charge >= 0.3 is 0 Å². The monoisotopic (exact) mass is 438 g/mol. The van der Waals surface area contributed by atoms with Gasteiger partial charge in [0.1, 0.15) is 5.82 Å². The lowest BCUT2D eigenvalue weighted by Crippen LogP contribution is -2.02. The summed E-state index contributed by atoms with van der Waals surface area (Å²) in [5.74, 6) is -0.297. The quantitative estimate of drug-likeness (QED) is 0.343. The fourth-order valence-electron chi connectivity index (χ4n) is 3.82. The highest BCUT2D eigenvalue weighted by Crippen LogP contribution is 2.36. The molecule has 30 heavy (non-hydrogen) atoms. The van der Waals surface area contributed by atoms with Crippen LogP contribution in [0.2, 0.25) is 5.02 Å². The number of hydrogen-bond donors (Lipinski definition) is 0. The van der Waals surface area contributed by atoms with Gasteiger partial charge in [0, 0.05) is 5.02 Å². The molecule has 0 aliphatic carbocycles. The summed E-state index contributed by atoms with van der Waals surface area (Å²) in [5, 5.41) is 2.26. The van der Waals surface area contributed by atoms with E-state index in [2.05, 4.69) is 13.0 Å². The molecule has 0 saturated heterocycles. The van der Waals surface area contributed by atoms with Gasteiger partial charge in [0.15, 0.2) is 0 Å². The predicted molar refractivity (Wildman–Crippen MR) is 120 cm³/mol. The second-order valence-electron chi connectivity index (χ2n) is 7.24. The molecule has 152 valence electrons. The van der Waals surface area contributed by atoms with E-state index in [-0.39, 0.29) is 15.6 Å². The molecule has 5 heteroatoms. The highest BCUT2D eigenvalue weighted by molar-refractivity contribution is 7.91. The fourth-order valence-corrected chi connectivity index (χ4v) is 5.21. The first-order valence-corrected chi connectivity index (χ1v) is 11.5. The van der Waals surface area contributed by atoms with E-state index in [4.69, 9.17) is 11.6 Å². The zero-order chi connectivity index (χ0) is 21.5. The average Bonchev–Trinajstić information content (AvgIpc) is 2.74. The van der Waals surface area contributed by atoms with E-state index >= 15 is 0 Å². The van der Waals surface area contributed by atoms with Crippen molar-refractivity contribution < 1.29 is 12.8 Å². The van der Waals surface area contributed by atoms with Crippen molar-refractivity contribution in [2.75, 3.05) is 0 Å². The highest BCUT2D eigenvalue weighted by Gasteiger charge is 2.18. The SMILES string of the molecule is CCc1cc2ccc(F)cc2c(-c2ccc(S(=O)(=O)c3ccc(Cl)cc3)cc2)c1C. The predicted octanol–water partition coefficient (Wildman–Crippen LogP) is 7.00. The molecular weight excluding hydrogens is 419 g/mol. The second kappa shape index (κ2) is 7.86. The molecule has 4 aromatic rings. The molecule has 0 aliphatic rings. The molecule has 0 aliphatic heterocycles. The van der Waals surface area contributed by atoms with Crippen molar-refractivity contribution in [3.05, 3.63) is 94.8 Å². The lowest BCUT2D eigenvalue weighted by molar-refractivity contribution is 0.596. The fraction of sp³-hybridized carbons (Fsp3) is 0.120. The maximum absolute atomic E-state index is 14.0. The number of rotatable bonds is 4. The van der Waals surface area contributed by atoms with Gasteiger partial charge in [0.05, 0.1) is 9.79 Å². The maximum atomic E-state index is 14.0. The topological polar surface area (TPSA) is 34.1 Å². The molecule has 4 aromatic carbocycles. The molecule has 0 radical (unpaired) electrons. The van der Waals surface area contributed by atoms with Crippen LogP contribution in [-0.4, -0.2) is 8.42 Å². The van der Waals surface area contributed by atoms with Crippen LogP contribution in [-0.2, 0) is 16.3 Å². The van der Waals surface area contributed by atoms with Crippen LogP contribution in [0.5, 0.6) is 0 Å². The second-order valence-corrected chi connectivity index (χ2v) is 9.62. The van der Waals surface area contributed by atoms with Crippen LogP contribution in [0.1, 0.15) is 18.1 Å². The molecule has 4 rings (SSSR count). The molecule has 0 N–H and O–H groups in total. The number of benzene rings is 4. The minimum atomic E-state index is -3.65. The van der Waals surface area contributed by atoms with Crippen molar-refractivity contribution in [1.29, 1.82) is 0 Å². The first-order valence-electron chi connectivity index (χ1n) is 9.64. The molecule has 0 bridgehead atoms. The molecule has 0 amide bonds. The van der Waals surface area contributed by atoms with E-state index in [0.717, 1.165) is 33.9 Å². The van der Waals surface area contributed by atoms with Gasteiger partial charge < -0.3 is 0 Å². The summed E-state index contributed by atoms with van der Waals surface area (Å²) in [7, 11) is -3.65. The van der Waals surface area contributed by atoms with Crippen molar-refractivity contribution in [3.63, 3.8) is 0 Å². The van der Waals surface area contributed by atoms with Crippen LogP contribution in [0.15, 0.2) is 82.6 Å². The van der Waals surface area contributed by atoms with Gasteiger partial charge in [-0.3, -0.25) is 0 Å². The molecule has 0 aromatic heterocycles. The normalized spacial score (nSPS) is 11.7. The van der Waals surface area contributed by atoms with E-state index in [1.54, 1.807) is 42.5 Å². The molecule has 0 atom stereocenters. The Morgan fingerprint density at radius 1 is 0.867 bits per heavy atom. The van der Waals surface area contributed by atoms with Crippen molar-refractivity contribution in [3.8, 4) is 11.1 Å². The molecular formula is C25H20ClFO2S. The van der Waals surface area contributed by atoms with Gasteiger partial charge in [0.2, 0.25) is 9.84 Å². The summed E-state index contributed by atoms with van der Waals surface area (Å²) in [6, 6.07) is 19.8. The van der Waals surface area contributed by atoms with Crippen molar-refractivity contribution >= 4 is 32.2 Å². The Morgan fingerprint density at radius 3 is 2.07 bits per heavy atom. The Morgan fingerprint density at radius 2 is 1.47 bits per heavy atom. The van der Waals surface area contributed by atoms with Crippen LogP contribution in [0, 0.1) is 12.7 Å². The van der Waals surface area contributed by atoms with E-state index < -0.39 is 9.84 Å². The molecule has 0 spiro atoms. The molecule has 2 nitrogen and oxygen atoms in total. The van der Waals surface area contributed by atoms with Crippen molar-refractivity contribution in [1.82, 2.24) is 0 Å². The number of halogens is 2. The Balaban J connectivity index is 1.85. The molecule has 0 heterocycles. The van der Waals surface area contributed by atoms with E-state index in [1.807, 2.05) is 6.92 Å². The largest absolute Gasteiger partial charge is 0.219 e. The van der Waals surface area contributed by atoms with Crippen LogP contribution in [0.4, 0.5) is 4.39 Å². The lowest BCUT2D eigenvalue weighted by Gasteiger charge is -2.16. The van der Waals surface area contributed by atoms with Crippen molar-refractivity contribution in [2.24, 2.45) is 0 Å². The number of hydrogen-bond acceptors (Lipinski definition) is 2. The van der Waals surface area contributed by atoms with Gasteiger partial charge in [-0.2, -0.15) is 0 Å². The zero-order valence-corrected chi connectivity index (χ0v) is 18.2. The van der Waals surface area contributed by atoms with E-state index in [9.17, 15) is 12.8 Å². The number of sulfone groups is 1. The smallest absolute Gasteiger partial charge is 0.206 e. The average molecular weight is 439 g/mol. The molecule has 0 saturated carbocycles. The standard InChI is InChI=1S/C25H20ClFO2S/c1-3-17-14-19-4-9-21(27)15-24(19)25(16(17)2)18-5-10-22(11-6-18)30(28,29)23-12-7-20(26)8-13-23/h4-15H,3H2,1-2H3. The molecule has 0 fully saturated rings. The summed E-state index contributed by atoms with van der Waals surface area (Å²) in [6.45, 7) is 4.11. The summed E-state index contributed by atoms with van der Waals surface area (Å²) in [5.41, 5.74) is 4.04. The summed E-state index contributed by atoms with van der Waals surface area (Å²) < 4.78 is 39.8. The first kappa shape index (κ1) is 20.6. The number of aryl methyl sites for hydroxylation is 1. The minimum absolute atomic E-state index is 0.191. The summed E-state index contributed by atoms with van der Waals surface area (Å²) >= 11 is 5.87. The van der Waals surface area contributed by atoms with Crippen LogP contribution < -0.4 is 0 Å². The summed E-state index contributed by atoms with van der Waals surface area (Å²) in [4.78, 5) is 0.393. The Kier molecular flexibility index (Phi) is 5.39. The van der Waals surface area contributed by atoms with Gasteiger partial charge in [-0.1, -0.05) is 42.8 Å².